The molecule has 0 aliphatic carbocycles. The van der Waals surface area contributed by atoms with E-state index in [-0.39, 0.29) is 18.1 Å². The Morgan fingerprint density at radius 1 is 1.11 bits per heavy atom. The van der Waals surface area contributed by atoms with Crippen LogP contribution in [0.4, 0.5) is 19.3 Å². The van der Waals surface area contributed by atoms with Crippen molar-refractivity contribution in [2.45, 2.75) is 13.1 Å². The molecular formula is C19H15ClF2N4O. The quantitative estimate of drug-likeness (QED) is 0.701. The van der Waals surface area contributed by atoms with Crippen molar-refractivity contribution in [2.75, 3.05) is 11.9 Å². The van der Waals surface area contributed by atoms with Gasteiger partial charge in [0.05, 0.1) is 25.0 Å². The molecule has 0 fully saturated rings. The highest BCUT2D eigenvalue weighted by molar-refractivity contribution is 6.30. The molecule has 1 aliphatic rings. The minimum absolute atomic E-state index is 0.133. The van der Waals surface area contributed by atoms with E-state index in [1.54, 1.807) is 33.8 Å². The summed E-state index contributed by atoms with van der Waals surface area (Å²) in [5.74, 6) is -1.06. The van der Waals surface area contributed by atoms with Gasteiger partial charge in [0, 0.05) is 28.4 Å². The van der Waals surface area contributed by atoms with Gasteiger partial charge in [0.2, 0.25) is 0 Å². The average Bonchev–Trinajstić information content (AvgIpc) is 3.06. The van der Waals surface area contributed by atoms with E-state index in [1.165, 1.54) is 6.20 Å². The van der Waals surface area contributed by atoms with Crippen LogP contribution in [0.2, 0.25) is 5.02 Å². The molecule has 2 amide bonds. The van der Waals surface area contributed by atoms with E-state index in [9.17, 15) is 13.6 Å². The minimum atomic E-state index is -0.535. The number of nitrogens with one attached hydrogen (secondary N) is 1. The van der Waals surface area contributed by atoms with Gasteiger partial charge in [-0.1, -0.05) is 17.7 Å². The third-order valence-electron chi connectivity index (χ3n) is 4.45. The van der Waals surface area contributed by atoms with Crippen molar-refractivity contribution in [2.24, 2.45) is 0 Å². The van der Waals surface area contributed by atoms with Crippen LogP contribution in [0.15, 0.2) is 48.7 Å². The molecule has 0 radical (unpaired) electrons. The lowest BCUT2D eigenvalue weighted by molar-refractivity contribution is 0.194. The Morgan fingerprint density at radius 2 is 1.96 bits per heavy atom. The first-order chi connectivity index (χ1) is 13.0. The molecule has 0 bridgehead atoms. The van der Waals surface area contributed by atoms with Crippen LogP contribution in [0.25, 0.3) is 11.1 Å². The first-order valence-electron chi connectivity index (χ1n) is 8.33. The summed E-state index contributed by atoms with van der Waals surface area (Å²) < 4.78 is 29.5. The van der Waals surface area contributed by atoms with Crippen molar-refractivity contribution in [3.8, 4) is 11.1 Å². The number of rotatable bonds is 2. The number of amides is 2. The zero-order valence-electron chi connectivity index (χ0n) is 14.1. The fourth-order valence-corrected chi connectivity index (χ4v) is 3.31. The molecule has 3 aromatic rings. The second kappa shape index (κ2) is 7.00. The standard InChI is InChI=1S/C19H15ClF2N4O/c20-12-2-1-3-14(8-12)24-19(27)25-6-7-26-18(11-25)16(10-23-26)15-9-13(21)4-5-17(15)22/h1-5,8-10H,6-7,11H2,(H,24,27). The highest BCUT2D eigenvalue weighted by Crippen LogP contribution is 2.30. The normalized spacial score (nSPS) is 13.4. The van der Waals surface area contributed by atoms with Crippen LogP contribution < -0.4 is 5.32 Å². The Bertz CT molecular complexity index is 1020. The molecule has 2 heterocycles. The number of aromatic nitrogens is 2. The van der Waals surface area contributed by atoms with Crippen LogP contribution in [0.5, 0.6) is 0 Å². The van der Waals surface area contributed by atoms with Crippen molar-refractivity contribution in [1.82, 2.24) is 14.7 Å². The lowest BCUT2D eigenvalue weighted by Gasteiger charge is -2.28. The number of hydrogen-bond acceptors (Lipinski definition) is 2. The Labute approximate surface area is 159 Å². The molecule has 1 aromatic heterocycles. The van der Waals surface area contributed by atoms with Crippen LogP contribution in [0, 0.1) is 11.6 Å². The smallest absolute Gasteiger partial charge is 0.317 e. The Hall–Kier alpha value is -2.93. The second-order valence-electron chi connectivity index (χ2n) is 6.21. The number of halogens is 3. The fraction of sp³-hybridized carbons (Fsp3) is 0.158. The maximum Gasteiger partial charge on any atom is 0.322 e. The first kappa shape index (κ1) is 17.5. The summed E-state index contributed by atoms with van der Waals surface area (Å²) in [7, 11) is 0. The molecular weight excluding hydrogens is 374 g/mol. The Morgan fingerprint density at radius 3 is 2.78 bits per heavy atom. The maximum atomic E-state index is 14.2. The van der Waals surface area contributed by atoms with Crippen molar-refractivity contribution >= 4 is 23.3 Å². The Kier molecular flexibility index (Phi) is 4.53. The summed E-state index contributed by atoms with van der Waals surface area (Å²) >= 11 is 5.94. The molecule has 0 spiro atoms. The van der Waals surface area contributed by atoms with Crippen LogP contribution in [0.1, 0.15) is 5.69 Å². The SMILES string of the molecule is O=C(Nc1cccc(Cl)c1)N1CCn2ncc(-c3cc(F)ccc3F)c2C1. The third-order valence-corrected chi connectivity index (χ3v) is 4.69. The predicted octanol–water partition coefficient (Wildman–Crippen LogP) is 4.53. The average molecular weight is 389 g/mol. The van der Waals surface area contributed by atoms with E-state index in [0.717, 1.165) is 18.2 Å². The summed E-state index contributed by atoms with van der Waals surface area (Å²) in [4.78, 5) is 14.2. The van der Waals surface area contributed by atoms with Gasteiger partial charge >= 0.3 is 6.03 Å². The number of urea groups is 1. The summed E-state index contributed by atoms with van der Waals surface area (Å²) in [5, 5.41) is 7.56. The lowest BCUT2D eigenvalue weighted by Crippen LogP contribution is -2.41. The molecule has 4 rings (SSSR count). The molecule has 0 unspecified atom stereocenters. The molecule has 1 N–H and O–H groups in total. The highest BCUT2D eigenvalue weighted by atomic mass is 35.5. The van der Waals surface area contributed by atoms with Crippen LogP contribution in [-0.4, -0.2) is 27.3 Å². The summed E-state index contributed by atoms with van der Waals surface area (Å²) in [6.07, 6.45) is 1.51. The summed E-state index contributed by atoms with van der Waals surface area (Å²) in [6, 6.07) is 9.85. The number of hydrogen-bond donors (Lipinski definition) is 1. The molecule has 27 heavy (non-hydrogen) atoms. The largest absolute Gasteiger partial charge is 0.322 e. The third kappa shape index (κ3) is 3.50. The van der Waals surface area contributed by atoms with E-state index < -0.39 is 11.6 Å². The molecule has 138 valence electrons. The molecule has 2 aromatic carbocycles. The molecule has 1 aliphatic heterocycles. The van der Waals surface area contributed by atoms with Gasteiger partial charge in [-0.3, -0.25) is 4.68 Å². The monoisotopic (exact) mass is 388 g/mol. The summed E-state index contributed by atoms with van der Waals surface area (Å²) in [5.41, 5.74) is 1.86. The van der Waals surface area contributed by atoms with Crippen LogP contribution in [0.3, 0.4) is 0 Å². The van der Waals surface area contributed by atoms with Gasteiger partial charge in [0.25, 0.3) is 0 Å². The van der Waals surface area contributed by atoms with E-state index >= 15 is 0 Å². The van der Waals surface area contributed by atoms with Crippen molar-refractivity contribution in [1.29, 1.82) is 0 Å². The van der Waals surface area contributed by atoms with Gasteiger partial charge in [-0.25, -0.2) is 13.6 Å². The van der Waals surface area contributed by atoms with Gasteiger partial charge in [-0.2, -0.15) is 5.10 Å². The molecule has 5 nitrogen and oxygen atoms in total. The van der Waals surface area contributed by atoms with E-state index in [2.05, 4.69) is 10.4 Å². The van der Waals surface area contributed by atoms with E-state index in [4.69, 9.17) is 11.6 Å². The summed E-state index contributed by atoms with van der Waals surface area (Å²) in [6.45, 7) is 1.15. The number of carbonyl (C=O) groups is 1. The number of anilines is 1. The van der Waals surface area contributed by atoms with E-state index in [1.807, 2.05) is 0 Å². The van der Waals surface area contributed by atoms with Gasteiger partial charge in [-0.15, -0.1) is 0 Å². The number of fused-ring (bicyclic) bond motifs is 1. The molecule has 0 saturated heterocycles. The lowest BCUT2D eigenvalue weighted by atomic mass is 10.0. The molecule has 0 saturated carbocycles. The Balaban J connectivity index is 1.58. The van der Waals surface area contributed by atoms with Crippen LogP contribution in [-0.2, 0) is 13.1 Å². The van der Waals surface area contributed by atoms with Gasteiger partial charge in [-0.05, 0) is 36.4 Å². The molecule has 8 heteroatoms. The van der Waals surface area contributed by atoms with Crippen molar-refractivity contribution in [3.63, 3.8) is 0 Å². The zero-order valence-corrected chi connectivity index (χ0v) is 14.9. The zero-order chi connectivity index (χ0) is 19.0. The fourth-order valence-electron chi connectivity index (χ4n) is 3.12. The van der Waals surface area contributed by atoms with Gasteiger partial charge in [0.1, 0.15) is 11.6 Å². The maximum absolute atomic E-state index is 14.2. The number of benzene rings is 2. The number of carbonyl (C=O) groups excluding carboxylic acids is 1. The van der Waals surface area contributed by atoms with Crippen LogP contribution >= 0.6 is 11.6 Å². The van der Waals surface area contributed by atoms with E-state index in [0.29, 0.717) is 35.1 Å². The predicted molar refractivity (Wildman–Crippen MR) is 98.5 cm³/mol. The van der Waals surface area contributed by atoms with Gasteiger partial charge < -0.3 is 10.2 Å². The number of nitrogens with zero attached hydrogens (tertiary/aromatic N) is 3. The minimum Gasteiger partial charge on any atom is -0.317 e. The second-order valence-corrected chi connectivity index (χ2v) is 6.65. The van der Waals surface area contributed by atoms with Gasteiger partial charge in [0.15, 0.2) is 0 Å². The van der Waals surface area contributed by atoms with Crippen molar-refractivity contribution in [3.05, 3.63) is 71.0 Å². The topological polar surface area (TPSA) is 50.2 Å². The highest BCUT2D eigenvalue weighted by Gasteiger charge is 2.25. The van der Waals surface area contributed by atoms with Crippen molar-refractivity contribution < 1.29 is 13.6 Å². The molecule has 0 atom stereocenters. The first-order valence-corrected chi connectivity index (χ1v) is 8.70.